The molecule has 0 aliphatic rings. The number of aromatic carboxylic acids is 1. The lowest BCUT2D eigenvalue weighted by molar-refractivity contribution is -0.114. The van der Waals surface area contributed by atoms with Gasteiger partial charge in [-0.25, -0.2) is 4.79 Å². The van der Waals surface area contributed by atoms with Crippen LogP contribution in [-0.4, -0.2) is 17.0 Å². The van der Waals surface area contributed by atoms with Crippen LogP contribution in [0, 0.1) is 0 Å². The summed E-state index contributed by atoms with van der Waals surface area (Å²) in [7, 11) is 0. The summed E-state index contributed by atoms with van der Waals surface area (Å²) in [6.07, 6.45) is 1.30. The van der Waals surface area contributed by atoms with Crippen LogP contribution in [0.3, 0.4) is 0 Å². The Hall–Kier alpha value is -2.76. The van der Waals surface area contributed by atoms with Gasteiger partial charge in [0.15, 0.2) is 5.76 Å². The molecule has 6 heteroatoms. The van der Waals surface area contributed by atoms with Crippen LogP contribution in [0.15, 0.2) is 41.0 Å². The highest BCUT2D eigenvalue weighted by Crippen LogP contribution is 2.20. The number of carboxylic acids is 1. The number of carboxylic acid groups (broad SMARTS) is 1. The number of hydrogen-bond donors (Lipinski definition) is 2. The topological polar surface area (TPSA) is 88.8 Å². The predicted octanol–water partition coefficient (Wildman–Crippen LogP) is 2.52. The van der Waals surface area contributed by atoms with E-state index in [4.69, 9.17) is 14.3 Å². The van der Waals surface area contributed by atoms with Crippen LogP contribution in [-0.2, 0) is 11.4 Å². The smallest absolute Gasteiger partial charge is 0.339 e. The summed E-state index contributed by atoms with van der Waals surface area (Å²) in [5, 5.41) is 11.6. The van der Waals surface area contributed by atoms with Gasteiger partial charge in [0.05, 0.1) is 6.26 Å². The maximum absolute atomic E-state index is 11.0. The van der Waals surface area contributed by atoms with Gasteiger partial charge in [-0.2, -0.15) is 0 Å². The number of amides is 1. The number of furan rings is 1. The Balaban J connectivity index is 2.05. The summed E-state index contributed by atoms with van der Waals surface area (Å²) in [5.74, 6) is -0.503. The molecular formula is C14H13NO5. The molecule has 2 aromatic rings. The minimum atomic E-state index is -1.07. The second kappa shape index (κ2) is 5.92. The molecule has 104 valence electrons. The number of ether oxygens (including phenoxy) is 1. The first-order valence-electron chi connectivity index (χ1n) is 5.86. The molecule has 0 aliphatic heterocycles. The maximum atomic E-state index is 11.0. The van der Waals surface area contributed by atoms with E-state index in [2.05, 4.69) is 5.32 Å². The molecule has 1 aromatic carbocycles. The second-order valence-corrected chi connectivity index (χ2v) is 4.06. The van der Waals surface area contributed by atoms with Gasteiger partial charge in [-0.05, 0) is 18.2 Å². The molecule has 1 amide bonds. The Bertz CT molecular complexity index is 632. The molecule has 0 bridgehead atoms. The molecule has 1 heterocycles. The number of carbonyl (C=O) groups is 2. The van der Waals surface area contributed by atoms with Crippen LogP contribution < -0.4 is 10.1 Å². The summed E-state index contributed by atoms with van der Waals surface area (Å²) in [6.45, 7) is 1.41. The summed E-state index contributed by atoms with van der Waals surface area (Å²) >= 11 is 0. The zero-order chi connectivity index (χ0) is 14.5. The lowest BCUT2D eigenvalue weighted by atomic mass is 10.2. The van der Waals surface area contributed by atoms with Gasteiger partial charge in [-0.3, -0.25) is 4.79 Å². The molecule has 0 radical (unpaired) electrons. The van der Waals surface area contributed by atoms with E-state index in [9.17, 15) is 9.59 Å². The number of carbonyl (C=O) groups excluding carboxylic acids is 1. The van der Waals surface area contributed by atoms with Crippen molar-refractivity contribution in [1.29, 1.82) is 0 Å². The Kier molecular flexibility index (Phi) is 4.05. The second-order valence-electron chi connectivity index (χ2n) is 4.06. The van der Waals surface area contributed by atoms with E-state index < -0.39 is 5.97 Å². The third-order valence-electron chi connectivity index (χ3n) is 2.50. The van der Waals surface area contributed by atoms with Gasteiger partial charge in [0.25, 0.3) is 0 Å². The molecule has 1 aromatic heterocycles. The first kappa shape index (κ1) is 13.7. The zero-order valence-corrected chi connectivity index (χ0v) is 10.8. The Labute approximate surface area is 115 Å². The molecule has 0 atom stereocenters. The largest absolute Gasteiger partial charge is 0.486 e. The molecule has 0 saturated heterocycles. The Morgan fingerprint density at radius 3 is 2.85 bits per heavy atom. The van der Waals surface area contributed by atoms with Gasteiger partial charge in [-0.1, -0.05) is 6.07 Å². The number of hydrogen-bond acceptors (Lipinski definition) is 4. The van der Waals surface area contributed by atoms with Crippen LogP contribution in [0.4, 0.5) is 5.69 Å². The maximum Gasteiger partial charge on any atom is 0.339 e. The highest BCUT2D eigenvalue weighted by Gasteiger charge is 2.13. The van der Waals surface area contributed by atoms with Crippen molar-refractivity contribution in [2.24, 2.45) is 0 Å². The first-order valence-corrected chi connectivity index (χ1v) is 5.86. The highest BCUT2D eigenvalue weighted by atomic mass is 16.5. The standard InChI is InChI=1S/C14H13NO5/c1-9(16)15-10-3-2-4-11(7-10)20-8-13-12(14(17)18)5-6-19-13/h2-7H,8H2,1H3,(H,15,16)(H,17,18). The molecule has 0 fully saturated rings. The molecule has 6 nitrogen and oxygen atoms in total. The van der Waals surface area contributed by atoms with Crippen LogP contribution in [0.1, 0.15) is 23.0 Å². The van der Waals surface area contributed by atoms with Gasteiger partial charge >= 0.3 is 5.97 Å². The van der Waals surface area contributed by atoms with Crippen molar-refractivity contribution in [3.63, 3.8) is 0 Å². The van der Waals surface area contributed by atoms with Crippen molar-refractivity contribution < 1.29 is 23.8 Å². The van der Waals surface area contributed by atoms with Gasteiger partial charge < -0.3 is 19.6 Å². The van der Waals surface area contributed by atoms with E-state index in [1.807, 2.05) is 0 Å². The monoisotopic (exact) mass is 275 g/mol. The van der Waals surface area contributed by atoms with E-state index in [1.165, 1.54) is 19.3 Å². The SMILES string of the molecule is CC(=O)Nc1cccc(OCc2occc2C(=O)O)c1. The Morgan fingerprint density at radius 2 is 2.15 bits per heavy atom. The quantitative estimate of drug-likeness (QED) is 0.875. The van der Waals surface area contributed by atoms with E-state index >= 15 is 0 Å². The molecular weight excluding hydrogens is 262 g/mol. The van der Waals surface area contributed by atoms with E-state index in [1.54, 1.807) is 24.3 Å². The van der Waals surface area contributed by atoms with Crippen LogP contribution >= 0.6 is 0 Å². The number of anilines is 1. The number of rotatable bonds is 5. The molecule has 2 rings (SSSR count). The summed E-state index contributed by atoms with van der Waals surface area (Å²) in [4.78, 5) is 21.9. The molecule has 0 spiro atoms. The van der Waals surface area contributed by atoms with Crippen molar-refractivity contribution in [3.8, 4) is 5.75 Å². The predicted molar refractivity (Wildman–Crippen MR) is 70.7 cm³/mol. The lowest BCUT2D eigenvalue weighted by Crippen LogP contribution is -2.06. The summed E-state index contributed by atoms with van der Waals surface area (Å²) in [5.41, 5.74) is 0.677. The van der Waals surface area contributed by atoms with Crippen molar-refractivity contribution >= 4 is 17.6 Å². The van der Waals surface area contributed by atoms with E-state index in [0.717, 1.165) is 0 Å². The number of nitrogens with one attached hydrogen (secondary N) is 1. The lowest BCUT2D eigenvalue weighted by Gasteiger charge is -2.07. The third-order valence-corrected chi connectivity index (χ3v) is 2.50. The van der Waals surface area contributed by atoms with Gasteiger partial charge in [0.2, 0.25) is 5.91 Å². The number of benzene rings is 1. The normalized spacial score (nSPS) is 10.1. The van der Waals surface area contributed by atoms with Crippen LogP contribution in [0.2, 0.25) is 0 Å². The van der Waals surface area contributed by atoms with Crippen molar-refractivity contribution in [3.05, 3.63) is 47.9 Å². The fourth-order valence-electron chi connectivity index (χ4n) is 1.66. The third kappa shape index (κ3) is 3.38. The van der Waals surface area contributed by atoms with Gasteiger partial charge in [0.1, 0.15) is 17.9 Å². The average molecular weight is 275 g/mol. The molecule has 0 aliphatic carbocycles. The van der Waals surface area contributed by atoms with Crippen LogP contribution in [0.5, 0.6) is 5.75 Å². The fraction of sp³-hybridized carbons (Fsp3) is 0.143. The molecule has 0 unspecified atom stereocenters. The Morgan fingerprint density at radius 1 is 1.35 bits per heavy atom. The van der Waals surface area contributed by atoms with Gasteiger partial charge in [-0.15, -0.1) is 0 Å². The molecule has 20 heavy (non-hydrogen) atoms. The summed E-state index contributed by atoms with van der Waals surface area (Å²) in [6, 6.07) is 8.17. The van der Waals surface area contributed by atoms with Crippen molar-refractivity contribution in [1.82, 2.24) is 0 Å². The highest BCUT2D eigenvalue weighted by molar-refractivity contribution is 5.89. The zero-order valence-electron chi connectivity index (χ0n) is 10.8. The summed E-state index contributed by atoms with van der Waals surface area (Å²) < 4.78 is 10.5. The minimum Gasteiger partial charge on any atom is -0.486 e. The van der Waals surface area contributed by atoms with Crippen molar-refractivity contribution in [2.75, 3.05) is 5.32 Å². The van der Waals surface area contributed by atoms with E-state index in [-0.39, 0.29) is 23.8 Å². The minimum absolute atomic E-state index is 0.00183. The fourth-order valence-corrected chi connectivity index (χ4v) is 1.66. The van der Waals surface area contributed by atoms with Gasteiger partial charge in [0, 0.05) is 18.7 Å². The average Bonchev–Trinajstić information content (AvgIpc) is 2.84. The van der Waals surface area contributed by atoms with E-state index in [0.29, 0.717) is 11.4 Å². The van der Waals surface area contributed by atoms with Crippen LogP contribution in [0.25, 0.3) is 0 Å². The van der Waals surface area contributed by atoms with Crippen molar-refractivity contribution in [2.45, 2.75) is 13.5 Å². The first-order chi connectivity index (χ1) is 9.56. The molecule has 0 saturated carbocycles. The molecule has 2 N–H and O–H groups in total.